The smallest absolute Gasteiger partial charge is 0.481 e. The topological polar surface area (TPSA) is 37.3 Å². The fourth-order valence-electron chi connectivity index (χ4n) is 1.41. The van der Waals surface area contributed by atoms with Crippen molar-refractivity contribution < 1.29 is 28.8 Å². The zero-order valence-corrected chi connectivity index (χ0v) is 13.2. The summed E-state index contributed by atoms with van der Waals surface area (Å²) in [5, 5.41) is 8.39. The van der Waals surface area contributed by atoms with E-state index in [2.05, 4.69) is 27.7 Å². The van der Waals surface area contributed by atoms with Gasteiger partial charge in [0.1, 0.15) is 0 Å². The Morgan fingerprint density at radius 3 is 1.56 bits per heavy atom. The normalized spacial score (nSPS) is 9.39. The van der Waals surface area contributed by atoms with Crippen molar-refractivity contribution in [2.75, 3.05) is 0 Å². The Kier molecular flexibility index (Phi) is 25.0. The van der Waals surface area contributed by atoms with Gasteiger partial charge in [-0.1, -0.05) is 51.9 Å². The fraction of sp³-hybridized carbons (Fsp3) is 0.867. The number of carboxylic acids is 1. The van der Waals surface area contributed by atoms with E-state index < -0.39 is 5.97 Å². The Morgan fingerprint density at radius 2 is 1.22 bits per heavy atom. The van der Waals surface area contributed by atoms with Crippen molar-refractivity contribution in [1.29, 1.82) is 0 Å². The molecule has 0 rings (SSSR count). The van der Waals surface area contributed by atoms with Crippen molar-refractivity contribution in [1.82, 2.24) is 0 Å². The third-order valence-electron chi connectivity index (χ3n) is 2.24. The van der Waals surface area contributed by atoms with Crippen LogP contribution in [0.2, 0.25) is 0 Å². The Balaban J connectivity index is -0.000000392. The van der Waals surface area contributed by atoms with Crippen molar-refractivity contribution in [2.24, 2.45) is 0 Å². The molecular formula is C15H31LiO2. The number of carboxylic acid groups (broad SMARTS) is 1. The van der Waals surface area contributed by atoms with Crippen LogP contribution in [0, 0.1) is 5.92 Å². The molecule has 0 atom stereocenters. The molecule has 18 heavy (non-hydrogen) atoms. The molecule has 0 aliphatic heterocycles. The van der Waals surface area contributed by atoms with Crippen LogP contribution < -0.4 is 18.9 Å². The molecule has 0 spiro atoms. The minimum absolute atomic E-state index is 0. The molecule has 0 aromatic rings. The van der Waals surface area contributed by atoms with E-state index in [1.807, 2.05) is 0 Å². The van der Waals surface area contributed by atoms with Crippen LogP contribution in [0.4, 0.5) is 0 Å². The molecule has 0 aromatic carbocycles. The minimum Gasteiger partial charge on any atom is -0.481 e. The zero-order valence-electron chi connectivity index (χ0n) is 13.2. The van der Waals surface area contributed by atoms with E-state index in [1.165, 1.54) is 44.4 Å². The van der Waals surface area contributed by atoms with Crippen molar-refractivity contribution in [2.45, 2.75) is 85.5 Å². The van der Waals surface area contributed by atoms with E-state index in [1.54, 1.807) is 0 Å². The molecule has 0 aliphatic carbocycles. The van der Waals surface area contributed by atoms with Crippen LogP contribution in [-0.4, -0.2) is 11.1 Å². The van der Waals surface area contributed by atoms with E-state index in [4.69, 9.17) is 5.11 Å². The van der Waals surface area contributed by atoms with Crippen molar-refractivity contribution in [3.05, 3.63) is 5.92 Å². The van der Waals surface area contributed by atoms with Crippen LogP contribution >= 0.6 is 0 Å². The molecule has 0 radical (unpaired) electrons. The van der Waals surface area contributed by atoms with Crippen LogP contribution in [0.5, 0.6) is 0 Å². The molecule has 0 saturated heterocycles. The second-order valence-electron chi connectivity index (χ2n) is 5.12. The Labute approximate surface area is 126 Å². The van der Waals surface area contributed by atoms with Crippen molar-refractivity contribution in [3.8, 4) is 0 Å². The molecule has 0 saturated carbocycles. The summed E-state index contributed by atoms with van der Waals surface area (Å²) >= 11 is 0. The average molecular weight is 250 g/mol. The number of carbonyl (C=O) groups is 1. The summed E-state index contributed by atoms with van der Waals surface area (Å²) in [7, 11) is 0. The molecular weight excluding hydrogens is 219 g/mol. The largest absolute Gasteiger partial charge is 1.00 e. The molecule has 3 heteroatoms. The molecule has 0 bridgehead atoms. The SMILES string of the molecule is CCCCCCCCCCC(=O)O.C[C-](C)C.[Li+]. The number of aliphatic carboxylic acids is 1. The fourth-order valence-corrected chi connectivity index (χ4v) is 1.41. The van der Waals surface area contributed by atoms with Gasteiger partial charge in [0.25, 0.3) is 0 Å². The molecule has 2 nitrogen and oxygen atoms in total. The van der Waals surface area contributed by atoms with Gasteiger partial charge in [-0.3, -0.25) is 4.79 Å². The van der Waals surface area contributed by atoms with Gasteiger partial charge < -0.3 is 11.0 Å². The van der Waals surface area contributed by atoms with Gasteiger partial charge in [0.15, 0.2) is 0 Å². The molecule has 0 fully saturated rings. The number of rotatable bonds is 9. The van der Waals surface area contributed by atoms with E-state index in [0.29, 0.717) is 6.42 Å². The predicted octanol–water partition coefficient (Wildman–Crippen LogP) is 2.23. The first kappa shape index (κ1) is 23.2. The molecule has 0 aromatic heterocycles. The Bertz CT molecular complexity index is 156. The van der Waals surface area contributed by atoms with E-state index in [9.17, 15) is 4.79 Å². The second kappa shape index (κ2) is 19.4. The van der Waals surface area contributed by atoms with Crippen LogP contribution in [0.15, 0.2) is 0 Å². The Morgan fingerprint density at radius 1 is 0.889 bits per heavy atom. The molecule has 0 amide bonds. The molecule has 0 aliphatic rings. The molecule has 1 N–H and O–H groups in total. The minimum atomic E-state index is -0.661. The van der Waals surface area contributed by atoms with Crippen LogP contribution in [0.1, 0.15) is 85.5 Å². The quantitative estimate of drug-likeness (QED) is 0.387. The summed E-state index contributed by atoms with van der Waals surface area (Å²) in [6.45, 7) is 8.47. The zero-order chi connectivity index (χ0) is 13.5. The van der Waals surface area contributed by atoms with Gasteiger partial charge in [0, 0.05) is 6.42 Å². The maximum absolute atomic E-state index is 10.2. The number of unbranched alkanes of at least 4 members (excludes halogenated alkanes) is 7. The predicted molar refractivity (Wildman–Crippen MR) is 75.1 cm³/mol. The summed E-state index contributed by atoms with van der Waals surface area (Å²) in [6.07, 6.45) is 10.1. The second-order valence-corrected chi connectivity index (χ2v) is 5.12. The van der Waals surface area contributed by atoms with E-state index in [-0.39, 0.29) is 18.9 Å². The summed E-state index contributed by atoms with van der Waals surface area (Å²) in [6, 6.07) is 0. The monoisotopic (exact) mass is 250 g/mol. The van der Waals surface area contributed by atoms with E-state index >= 15 is 0 Å². The number of hydrogen-bond acceptors (Lipinski definition) is 1. The van der Waals surface area contributed by atoms with Gasteiger partial charge in [-0.2, -0.15) is 20.8 Å². The first-order valence-electron chi connectivity index (χ1n) is 6.99. The molecule has 0 unspecified atom stereocenters. The van der Waals surface area contributed by atoms with Gasteiger partial charge in [-0.25, -0.2) is 0 Å². The van der Waals surface area contributed by atoms with Gasteiger partial charge >= 0.3 is 24.8 Å². The molecule has 0 heterocycles. The summed E-state index contributed by atoms with van der Waals surface area (Å²) in [4.78, 5) is 10.2. The third-order valence-corrected chi connectivity index (χ3v) is 2.24. The van der Waals surface area contributed by atoms with Crippen LogP contribution in [0.3, 0.4) is 0 Å². The van der Waals surface area contributed by atoms with Gasteiger partial charge in [-0.05, 0) is 6.42 Å². The number of hydrogen-bond donors (Lipinski definition) is 1. The maximum Gasteiger partial charge on any atom is 1.00 e. The first-order valence-corrected chi connectivity index (χ1v) is 6.99. The van der Waals surface area contributed by atoms with Crippen molar-refractivity contribution >= 4 is 5.97 Å². The van der Waals surface area contributed by atoms with Crippen LogP contribution in [-0.2, 0) is 4.79 Å². The van der Waals surface area contributed by atoms with Crippen molar-refractivity contribution in [3.63, 3.8) is 0 Å². The van der Waals surface area contributed by atoms with E-state index in [0.717, 1.165) is 12.8 Å². The first-order chi connectivity index (χ1) is 8.00. The van der Waals surface area contributed by atoms with Gasteiger partial charge in [0.2, 0.25) is 0 Å². The summed E-state index contributed by atoms with van der Waals surface area (Å²) in [5.41, 5.74) is 0. The molecule has 104 valence electrons. The summed E-state index contributed by atoms with van der Waals surface area (Å²) in [5.74, 6) is 0.756. The van der Waals surface area contributed by atoms with Gasteiger partial charge in [0.05, 0.1) is 0 Å². The standard InChI is InChI=1S/C11H22O2.C4H9.Li/c1-2-3-4-5-6-7-8-9-10-11(12)13;1-4(2)3;/h2-10H2,1H3,(H,12,13);1-3H3;/q;-1;+1. The average Bonchev–Trinajstić information content (AvgIpc) is 2.21. The maximum atomic E-state index is 10.2. The Hall–Kier alpha value is 0.0674. The van der Waals surface area contributed by atoms with Crippen LogP contribution in [0.25, 0.3) is 0 Å². The van der Waals surface area contributed by atoms with Gasteiger partial charge in [-0.15, -0.1) is 0 Å². The third kappa shape index (κ3) is 36.0. The summed E-state index contributed by atoms with van der Waals surface area (Å²) < 4.78 is 0.